The Bertz CT molecular complexity index is 590. The number of rotatable bonds is 4. The van der Waals surface area contributed by atoms with Gasteiger partial charge in [0.1, 0.15) is 12.6 Å². The van der Waals surface area contributed by atoms with Crippen LogP contribution in [0.2, 0.25) is 0 Å². The zero-order chi connectivity index (χ0) is 16.2. The Morgan fingerprint density at radius 1 is 1.30 bits per heavy atom. The molecule has 0 spiro atoms. The number of fused-ring (bicyclic) bond motifs is 1. The van der Waals surface area contributed by atoms with Crippen molar-refractivity contribution in [2.24, 2.45) is 0 Å². The van der Waals surface area contributed by atoms with Crippen molar-refractivity contribution in [1.82, 2.24) is 10.2 Å². The van der Waals surface area contributed by atoms with E-state index in [1.807, 2.05) is 17.0 Å². The Labute approximate surface area is 135 Å². The van der Waals surface area contributed by atoms with Gasteiger partial charge in [-0.3, -0.25) is 9.59 Å². The van der Waals surface area contributed by atoms with Crippen LogP contribution >= 0.6 is 0 Å². The molecule has 1 N–H and O–H groups in total. The highest BCUT2D eigenvalue weighted by molar-refractivity contribution is 5.78. The Hall–Kier alpha value is -1.92. The van der Waals surface area contributed by atoms with Crippen LogP contribution in [0.5, 0.6) is 0 Å². The minimum absolute atomic E-state index is 0.000945. The summed E-state index contributed by atoms with van der Waals surface area (Å²) in [6.45, 7) is 2.00. The van der Waals surface area contributed by atoms with Gasteiger partial charge in [-0.1, -0.05) is 24.3 Å². The van der Waals surface area contributed by atoms with Crippen LogP contribution in [0.25, 0.3) is 0 Å². The highest BCUT2D eigenvalue weighted by atomic mass is 16.5. The fourth-order valence-electron chi connectivity index (χ4n) is 3.14. The summed E-state index contributed by atoms with van der Waals surface area (Å²) < 4.78 is 10.4. The van der Waals surface area contributed by atoms with Crippen molar-refractivity contribution in [1.29, 1.82) is 0 Å². The first-order chi connectivity index (χ1) is 11.2. The molecule has 0 radical (unpaired) electrons. The number of nitrogens with one attached hydrogen (secondary N) is 1. The van der Waals surface area contributed by atoms with Gasteiger partial charge >= 0.3 is 5.97 Å². The van der Waals surface area contributed by atoms with Crippen LogP contribution in [0.4, 0.5) is 0 Å². The number of hydrogen-bond donors (Lipinski definition) is 1. The van der Waals surface area contributed by atoms with Crippen LogP contribution in [-0.4, -0.2) is 55.7 Å². The average molecular weight is 318 g/mol. The molecule has 1 aromatic carbocycles. The number of methoxy groups -OCH3 is 1. The smallest absolute Gasteiger partial charge is 0.322 e. The van der Waals surface area contributed by atoms with Crippen molar-refractivity contribution >= 4 is 11.9 Å². The third-order valence-electron chi connectivity index (χ3n) is 4.50. The molecule has 6 heteroatoms. The van der Waals surface area contributed by atoms with E-state index in [2.05, 4.69) is 17.4 Å². The van der Waals surface area contributed by atoms with Gasteiger partial charge in [-0.25, -0.2) is 0 Å². The van der Waals surface area contributed by atoms with Crippen molar-refractivity contribution in [3.8, 4) is 0 Å². The molecule has 23 heavy (non-hydrogen) atoms. The predicted molar refractivity (Wildman–Crippen MR) is 83.7 cm³/mol. The summed E-state index contributed by atoms with van der Waals surface area (Å²) in [5.41, 5.74) is 2.53. The second-order valence-corrected chi connectivity index (χ2v) is 5.99. The molecule has 2 aliphatic heterocycles. The number of ether oxygens (including phenoxy) is 2. The number of carbonyl (C=O) groups is 2. The maximum atomic E-state index is 12.3. The molecular weight excluding hydrogens is 296 g/mol. The normalized spacial score (nSPS) is 23.4. The van der Waals surface area contributed by atoms with Crippen LogP contribution in [0.1, 0.15) is 17.5 Å². The molecule has 0 unspecified atom stereocenters. The molecule has 0 bridgehead atoms. The Morgan fingerprint density at radius 2 is 2.09 bits per heavy atom. The largest absolute Gasteiger partial charge is 0.468 e. The molecular formula is C17H22N2O4. The third kappa shape index (κ3) is 3.71. The van der Waals surface area contributed by atoms with Crippen molar-refractivity contribution in [3.05, 3.63) is 35.4 Å². The van der Waals surface area contributed by atoms with E-state index in [0.717, 1.165) is 13.0 Å². The van der Waals surface area contributed by atoms with Crippen LogP contribution in [0.3, 0.4) is 0 Å². The summed E-state index contributed by atoms with van der Waals surface area (Å²) in [6.07, 6.45) is 1.31. The Balaban J connectivity index is 1.47. The van der Waals surface area contributed by atoms with Crippen molar-refractivity contribution in [2.45, 2.75) is 31.5 Å². The van der Waals surface area contributed by atoms with Gasteiger partial charge in [0.05, 0.1) is 13.2 Å². The van der Waals surface area contributed by atoms with Crippen molar-refractivity contribution in [2.75, 3.05) is 26.8 Å². The van der Waals surface area contributed by atoms with Crippen LogP contribution in [0, 0.1) is 0 Å². The number of carbonyl (C=O) groups excluding carboxylic acids is 2. The van der Waals surface area contributed by atoms with Gasteiger partial charge in [-0.05, 0) is 17.5 Å². The van der Waals surface area contributed by atoms with E-state index in [9.17, 15) is 9.59 Å². The topological polar surface area (TPSA) is 67.9 Å². The predicted octanol–water partition coefficient (Wildman–Crippen LogP) is 0.491. The quantitative estimate of drug-likeness (QED) is 0.819. The summed E-state index contributed by atoms with van der Waals surface area (Å²) in [7, 11) is 1.37. The first-order valence-electron chi connectivity index (χ1n) is 7.94. The minimum Gasteiger partial charge on any atom is -0.468 e. The second kappa shape index (κ2) is 7.10. The van der Waals surface area contributed by atoms with Gasteiger partial charge in [0, 0.05) is 26.1 Å². The standard InChI is InChI=1S/C17H22N2O4/c1-22-17(21)15-8-14(9-18-15)23-11-16(20)19-7-6-12-4-2-3-5-13(12)10-19/h2-5,14-15,18H,6-11H2,1H3/t14-,15+/m1/s1. The lowest BCUT2D eigenvalue weighted by atomic mass is 10.00. The molecule has 1 saturated heterocycles. The van der Waals surface area contributed by atoms with Crippen LogP contribution < -0.4 is 5.32 Å². The highest BCUT2D eigenvalue weighted by Gasteiger charge is 2.31. The minimum atomic E-state index is -0.332. The average Bonchev–Trinajstić information content (AvgIpc) is 3.07. The zero-order valence-electron chi connectivity index (χ0n) is 13.3. The van der Waals surface area contributed by atoms with E-state index < -0.39 is 0 Å². The molecule has 0 aliphatic carbocycles. The molecule has 2 aliphatic rings. The lowest BCUT2D eigenvalue weighted by Gasteiger charge is -2.29. The van der Waals surface area contributed by atoms with Gasteiger partial charge in [-0.2, -0.15) is 0 Å². The van der Waals surface area contributed by atoms with E-state index >= 15 is 0 Å². The van der Waals surface area contributed by atoms with Gasteiger partial charge in [-0.15, -0.1) is 0 Å². The molecule has 2 heterocycles. The van der Waals surface area contributed by atoms with Crippen molar-refractivity contribution in [3.63, 3.8) is 0 Å². The summed E-state index contributed by atoms with van der Waals surface area (Å²) in [4.78, 5) is 25.6. The van der Waals surface area contributed by atoms with E-state index in [4.69, 9.17) is 9.47 Å². The summed E-state index contributed by atoms with van der Waals surface area (Å²) in [6, 6.07) is 7.88. The lowest BCUT2D eigenvalue weighted by Crippen LogP contribution is -2.39. The Kier molecular flexibility index (Phi) is 4.93. The number of amides is 1. The van der Waals surface area contributed by atoms with Gasteiger partial charge in [0.15, 0.2) is 0 Å². The van der Waals surface area contributed by atoms with Gasteiger partial charge in [0.25, 0.3) is 0 Å². The molecule has 124 valence electrons. The molecule has 0 saturated carbocycles. The first-order valence-corrected chi connectivity index (χ1v) is 7.94. The third-order valence-corrected chi connectivity index (χ3v) is 4.50. The zero-order valence-corrected chi connectivity index (χ0v) is 13.3. The summed E-state index contributed by atoms with van der Waals surface area (Å²) >= 11 is 0. The molecule has 0 aromatic heterocycles. The lowest BCUT2D eigenvalue weighted by molar-refractivity contribution is -0.143. The fourth-order valence-corrected chi connectivity index (χ4v) is 3.14. The second-order valence-electron chi connectivity index (χ2n) is 5.99. The van der Waals surface area contributed by atoms with Crippen molar-refractivity contribution < 1.29 is 19.1 Å². The first kappa shape index (κ1) is 16.0. The van der Waals surface area contributed by atoms with E-state index in [1.54, 1.807) is 0 Å². The number of hydrogen-bond acceptors (Lipinski definition) is 5. The van der Waals surface area contributed by atoms with E-state index in [-0.39, 0.29) is 30.6 Å². The summed E-state index contributed by atoms with van der Waals surface area (Å²) in [5, 5.41) is 3.05. The van der Waals surface area contributed by atoms with E-state index in [1.165, 1.54) is 18.2 Å². The van der Waals surface area contributed by atoms with Crippen LogP contribution in [-0.2, 0) is 32.0 Å². The number of esters is 1. The molecule has 2 atom stereocenters. The Morgan fingerprint density at radius 3 is 2.87 bits per heavy atom. The van der Waals surface area contributed by atoms with E-state index in [0.29, 0.717) is 19.5 Å². The van der Waals surface area contributed by atoms with Gasteiger partial charge in [0.2, 0.25) is 5.91 Å². The SMILES string of the molecule is COC(=O)[C@@H]1C[C@@H](OCC(=O)N2CCc3ccccc3C2)CN1. The molecule has 1 amide bonds. The maximum absolute atomic E-state index is 12.3. The molecule has 3 rings (SSSR count). The van der Waals surface area contributed by atoms with Gasteiger partial charge < -0.3 is 19.7 Å². The summed E-state index contributed by atoms with van der Waals surface area (Å²) in [5.74, 6) is -0.281. The maximum Gasteiger partial charge on any atom is 0.322 e. The molecule has 6 nitrogen and oxygen atoms in total. The monoisotopic (exact) mass is 318 g/mol. The number of benzene rings is 1. The highest BCUT2D eigenvalue weighted by Crippen LogP contribution is 2.19. The molecule has 1 aromatic rings. The molecule has 1 fully saturated rings. The van der Waals surface area contributed by atoms with Crippen LogP contribution in [0.15, 0.2) is 24.3 Å². The fraction of sp³-hybridized carbons (Fsp3) is 0.529. The number of nitrogens with zero attached hydrogens (tertiary/aromatic N) is 1.